The first kappa shape index (κ1) is 34.2. The van der Waals surface area contributed by atoms with Crippen LogP contribution in [-0.4, -0.2) is 21.4 Å². The van der Waals surface area contributed by atoms with Gasteiger partial charge >= 0.3 is 0 Å². The summed E-state index contributed by atoms with van der Waals surface area (Å²) in [5.74, 6) is 0. The summed E-state index contributed by atoms with van der Waals surface area (Å²) in [6.07, 6.45) is 11.7. The molecule has 0 saturated heterocycles. The second-order valence-electron chi connectivity index (χ2n) is 14.9. The smallest absolute Gasteiger partial charge is 0.109 e. The van der Waals surface area contributed by atoms with Gasteiger partial charge in [0.1, 0.15) is 5.71 Å². The van der Waals surface area contributed by atoms with Gasteiger partial charge in [0.2, 0.25) is 0 Å². The molecular weight excluding hydrogens is 719 g/mol. The molecule has 2 heterocycles. The molecule has 2 N–H and O–H groups in total. The van der Waals surface area contributed by atoms with E-state index in [4.69, 9.17) is 15.5 Å². The lowest BCUT2D eigenvalue weighted by Gasteiger charge is -2.19. The summed E-state index contributed by atoms with van der Waals surface area (Å²) in [7, 11) is 0. The third-order valence-electron chi connectivity index (χ3n) is 11.5. The molecule has 8 aromatic carbocycles. The number of hydrogen-bond acceptors (Lipinski definition) is 5. The molecule has 0 bridgehead atoms. The first-order valence-electron chi connectivity index (χ1n) is 19.8. The molecular formula is C54H35N5. The second-order valence-corrected chi connectivity index (χ2v) is 14.9. The number of aromatic nitrogens is 2. The Kier molecular flexibility index (Phi) is 8.23. The van der Waals surface area contributed by atoms with Crippen LogP contribution in [0.3, 0.4) is 0 Å². The molecule has 276 valence electrons. The van der Waals surface area contributed by atoms with E-state index in [1.807, 2.05) is 49.0 Å². The van der Waals surface area contributed by atoms with Crippen molar-refractivity contribution < 1.29 is 0 Å². The lowest BCUT2D eigenvalue weighted by molar-refractivity contribution is 1.33. The van der Waals surface area contributed by atoms with Crippen LogP contribution in [0.25, 0.3) is 92.9 Å². The molecule has 1 aliphatic carbocycles. The van der Waals surface area contributed by atoms with E-state index in [0.29, 0.717) is 11.4 Å². The van der Waals surface area contributed by atoms with E-state index in [1.54, 1.807) is 0 Å². The van der Waals surface area contributed by atoms with Gasteiger partial charge in [-0.1, -0.05) is 140 Å². The van der Waals surface area contributed by atoms with E-state index in [1.165, 1.54) is 32.7 Å². The Balaban J connectivity index is 0.972. The SMILES string of the molecule is N=C1C=CC(c2c3ccccc3c(-c3cnc4ccccc4c3)c3ccccc23)=C/C1=N/Nc1ccc(-c2c3ccccc3c(-c3cccnc3)c3ccccc23)cc1. The van der Waals surface area contributed by atoms with Gasteiger partial charge in [0.15, 0.2) is 0 Å². The van der Waals surface area contributed by atoms with Crippen LogP contribution < -0.4 is 5.43 Å². The van der Waals surface area contributed by atoms with Gasteiger partial charge in [0, 0.05) is 35.1 Å². The molecule has 10 aromatic rings. The van der Waals surface area contributed by atoms with Crippen molar-refractivity contribution >= 4 is 76.7 Å². The number of nitrogens with one attached hydrogen (secondary N) is 2. The van der Waals surface area contributed by atoms with Gasteiger partial charge in [-0.05, 0) is 119 Å². The maximum atomic E-state index is 8.87. The van der Waals surface area contributed by atoms with Crippen molar-refractivity contribution in [3.05, 3.63) is 206 Å². The zero-order chi connectivity index (χ0) is 39.3. The third-order valence-corrected chi connectivity index (χ3v) is 11.5. The first-order chi connectivity index (χ1) is 29.2. The number of fused-ring (bicyclic) bond motifs is 5. The second kappa shape index (κ2) is 14.2. The van der Waals surface area contributed by atoms with E-state index in [0.717, 1.165) is 71.5 Å². The van der Waals surface area contributed by atoms with Crippen LogP contribution in [0.1, 0.15) is 5.56 Å². The summed E-state index contributed by atoms with van der Waals surface area (Å²) in [6.45, 7) is 0. The largest absolute Gasteiger partial charge is 0.299 e. The first-order valence-corrected chi connectivity index (χ1v) is 19.8. The minimum absolute atomic E-state index is 0.344. The van der Waals surface area contributed by atoms with E-state index in [-0.39, 0.29) is 0 Å². The van der Waals surface area contributed by atoms with E-state index < -0.39 is 0 Å². The molecule has 0 spiro atoms. The molecule has 0 saturated carbocycles. The van der Waals surface area contributed by atoms with E-state index in [2.05, 4.69) is 162 Å². The minimum atomic E-state index is 0.344. The molecule has 2 aromatic heterocycles. The van der Waals surface area contributed by atoms with Crippen molar-refractivity contribution in [2.45, 2.75) is 0 Å². The molecule has 11 rings (SSSR count). The molecule has 1 aliphatic rings. The highest BCUT2D eigenvalue weighted by Crippen LogP contribution is 2.45. The zero-order valence-corrected chi connectivity index (χ0v) is 31.9. The third kappa shape index (κ3) is 5.87. The summed E-state index contributed by atoms with van der Waals surface area (Å²) in [6, 6.07) is 57.5. The van der Waals surface area contributed by atoms with Crippen molar-refractivity contribution in [3.63, 3.8) is 0 Å². The Morgan fingerprint density at radius 2 is 0.983 bits per heavy atom. The van der Waals surface area contributed by atoms with Gasteiger partial charge in [-0.2, -0.15) is 5.10 Å². The van der Waals surface area contributed by atoms with Crippen LogP contribution in [0.5, 0.6) is 0 Å². The molecule has 0 aliphatic heterocycles. The lowest BCUT2D eigenvalue weighted by atomic mass is 9.84. The molecule has 0 atom stereocenters. The topological polar surface area (TPSA) is 74.0 Å². The Morgan fingerprint density at radius 3 is 1.56 bits per heavy atom. The van der Waals surface area contributed by atoms with Crippen molar-refractivity contribution in [2.75, 3.05) is 5.43 Å². The Labute approximate surface area is 340 Å². The monoisotopic (exact) mass is 753 g/mol. The van der Waals surface area contributed by atoms with E-state index >= 15 is 0 Å². The summed E-state index contributed by atoms with van der Waals surface area (Å²) < 4.78 is 0. The van der Waals surface area contributed by atoms with Crippen LogP contribution >= 0.6 is 0 Å². The molecule has 0 amide bonds. The van der Waals surface area contributed by atoms with Crippen molar-refractivity contribution in [2.24, 2.45) is 5.10 Å². The van der Waals surface area contributed by atoms with Gasteiger partial charge in [0.05, 0.1) is 16.9 Å². The predicted octanol–water partition coefficient (Wildman–Crippen LogP) is 13.7. The number of pyridine rings is 2. The number of hydrazone groups is 1. The van der Waals surface area contributed by atoms with Crippen molar-refractivity contribution in [1.29, 1.82) is 5.41 Å². The number of hydrogen-bond donors (Lipinski definition) is 2. The normalized spacial score (nSPS) is 13.5. The average Bonchev–Trinajstić information content (AvgIpc) is 3.30. The summed E-state index contributed by atoms with van der Waals surface area (Å²) in [5.41, 5.74) is 15.0. The van der Waals surface area contributed by atoms with Crippen LogP contribution in [0.2, 0.25) is 0 Å². The van der Waals surface area contributed by atoms with Crippen molar-refractivity contribution in [3.8, 4) is 33.4 Å². The predicted molar refractivity (Wildman–Crippen MR) is 248 cm³/mol. The number of para-hydroxylation sites is 1. The number of benzene rings is 8. The molecule has 0 radical (unpaired) electrons. The number of nitrogens with zero attached hydrogens (tertiary/aromatic N) is 3. The fourth-order valence-corrected chi connectivity index (χ4v) is 8.84. The molecule has 59 heavy (non-hydrogen) atoms. The van der Waals surface area contributed by atoms with Crippen LogP contribution in [0.15, 0.2) is 206 Å². The standard InChI is InChI=1S/C54H35N5/c55-48-28-25-36(52-42-16-4-8-20-46(42)54(47-21-9-5-17-43(47)52)38-30-35-12-1-10-22-49(35)57-33-38)31-50(48)59-58-39-26-23-34(24-27-39)51-40-14-2-6-18-44(40)53(37-13-11-29-56-32-37)45-19-7-3-15-41(45)51/h1-33,55,58H/b55-48?,59-50-. The highest BCUT2D eigenvalue weighted by Gasteiger charge is 2.20. The maximum Gasteiger partial charge on any atom is 0.109 e. The highest BCUT2D eigenvalue weighted by molar-refractivity contribution is 6.52. The van der Waals surface area contributed by atoms with E-state index in [9.17, 15) is 0 Å². The summed E-state index contributed by atoms with van der Waals surface area (Å²) in [5, 5.41) is 24.1. The average molecular weight is 754 g/mol. The lowest BCUT2D eigenvalue weighted by Crippen LogP contribution is -2.14. The Hall–Kier alpha value is -8.02. The van der Waals surface area contributed by atoms with Gasteiger partial charge in [-0.25, -0.2) is 0 Å². The molecule has 5 heteroatoms. The fraction of sp³-hybridized carbons (Fsp3) is 0. The van der Waals surface area contributed by atoms with Crippen LogP contribution in [-0.2, 0) is 0 Å². The maximum absolute atomic E-state index is 8.87. The molecule has 0 unspecified atom stereocenters. The molecule has 5 nitrogen and oxygen atoms in total. The van der Waals surface area contributed by atoms with Crippen molar-refractivity contribution in [1.82, 2.24) is 9.97 Å². The van der Waals surface area contributed by atoms with Gasteiger partial charge in [-0.3, -0.25) is 20.8 Å². The molecule has 0 fully saturated rings. The zero-order valence-electron chi connectivity index (χ0n) is 31.9. The summed E-state index contributed by atoms with van der Waals surface area (Å²) in [4.78, 5) is 9.28. The minimum Gasteiger partial charge on any atom is -0.299 e. The number of anilines is 1. The highest BCUT2D eigenvalue weighted by atomic mass is 15.3. The number of allylic oxidation sites excluding steroid dienone is 4. The Morgan fingerprint density at radius 1 is 0.458 bits per heavy atom. The summed E-state index contributed by atoms with van der Waals surface area (Å²) >= 11 is 0. The van der Waals surface area contributed by atoms with Crippen LogP contribution in [0.4, 0.5) is 5.69 Å². The Bertz CT molecular complexity index is 3300. The quantitative estimate of drug-likeness (QED) is 0.101. The number of rotatable bonds is 6. The van der Waals surface area contributed by atoms with Gasteiger partial charge in [-0.15, -0.1) is 0 Å². The van der Waals surface area contributed by atoms with Gasteiger partial charge < -0.3 is 0 Å². The van der Waals surface area contributed by atoms with Gasteiger partial charge in [0.25, 0.3) is 0 Å². The van der Waals surface area contributed by atoms with Crippen LogP contribution in [0, 0.1) is 5.41 Å². The fourth-order valence-electron chi connectivity index (χ4n) is 8.84.